The van der Waals surface area contributed by atoms with E-state index in [2.05, 4.69) is 5.16 Å². The van der Waals surface area contributed by atoms with Gasteiger partial charge in [0.2, 0.25) is 0 Å². The van der Waals surface area contributed by atoms with Crippen molar-refractivity contribution in [2.75, 3.05) is 6.61 Å². The second-order valence-electron chi connectivity index (χ2n) is 4.64. The minimum atomic E-state index is -0.941. The van der Waals surface area contributed by atoms with Crippen molar-refractivity contribution in [2.24, 2.45) is 5.92 Å². The summed E-state index contributed by atoms with van der Waals surface area (Å²) in [5, 5.41) is 12.8. The lowest BCUT2D eigenvalue weighted by Crippen LogP contribution is -2.16. The Kier molecular flexibility index (Phi) is 6.05. The molecule has 0 aliphatic carbocycles. The second kappa shape index (κ2) is 7.56. The highest BCUT2D eigenvalue weighted by molar-refractivity contribution is 5.75. The standard InChI is InChI=1S/C13H19NO5/c1-9(2)12(13(16)17)10-8-11(14-19-10)18-7-5-3-4-6-15/h6,8-9,12H,3-5,7H2,1-2H3,(H,16,17). The van der Waals surface area contributed by atoms with Crippen LogP contribution in [0.15, 0.2) is 10.6 Å². The Morgan fingerprint density at radius 3 is 2.84 bits per heavy atom. The van der Waals surface area contributed by atoms with Crippen LogP contribution in [0.2, 0.25) is 0 Å². The Labute approximate surface area is 111 Å². The molecule has 1 heterocycles. The number of aldehydes is 1. The SMILES string of the molecule is CC(C)C(C(=O)O)c1cc(OCCCCC=O)no1. The molecule has 0 aliphatic rings. The minimum Gasteiger partial charge on any atom is -0.481 e. The van der Waals surface area contributed by atoms with Crippen molar-refractivity contribution in [3.05, 3.63) is 11.8 Å². The number of aliphatic carboxylic acids is 1. The summed E-state index contributed by atoms with van der Waals surface area (Å²) >= 11 is 0. The zero-order chi connectivity index (χ0) is 14.3. The molecule has 1 rings (SSSR count). The molecule has 0 radical (unpaired) electrons. The Bertz CT molecular complexity index is 413. The summed E-state index contributed by atoms with van der Waals surface area (Å²) in [6.07, 6.45) is 2.89. The number of carbonyl (C=O) groups is 2. The third-order valence-corrected chi connectivity index (χ3v) is 2.71. The molecule has 0 saturated heterocycles. The first-order chi connectivity index (χ1) is 9.06. The molecule has 0 saturated carbocycles. The summed E-state index contributed by atoms with van der Waals surface area (Å²) in [5.74, 6) is -1.17. The number of nitrogens with zero attached hydrogens (tertiary/aromatic N) is 1. The van der Waals surface area contributed by atoms with E-state index in [-0.39, 0.29) is 11.8 Å². The predicted molar refractivity (Wildman–Crippen MR) is 67.1 cm³/mol. The van der Waals surface area contributed by atoms with Crippen LogP contribution in [0.4, 0.5) is 0 Å². The molecule has 1 unspecified atom stereocenters. The van der Waals surface area contributed by atoms with Crippen LogP contribution in [0, 0.1) is 5.92 Å². The quantitative estimate of drug-likeness (QED) is 0.546. The molecule has 0 amide bonds. The van der Waals surface area contributed by atoms with Crippen LogP contribution in [-0.2, 0) is 9.59 Å². The molecule has 19 heavy (non-hydrogen) atoms. The largest absolute Gasteiger partial charge is 0.481 e. The molecule has 106 valence electrons. The number of aromatic nitrogens is 1. The number of carbonyl (C=O) groups excluding carboxylic acids is 1. The second-order valence-corrected chi connectivity index (χ2v) is 4.64. The van der Waals surface area contributed by atoms with Gasteiger partial charge in [0.1, 0.15) is 12.2 Å². The van der Waals surface area contributed by atoms with Crippen LogP contribution in [0.3, 0.4) is 0 Å². The number of unbranched alkanes of at least 4 members (excludes halogenated alkanes) is 2. The topological polar surface area (TPSA) is 89.6 Å². The van der Waals surface area contributed by atoms with E-state index in [0.717, 1.165) is 19.1 Å². The first-order valence-corrected chi connectivity index (χ1v) is 6.32. The van der Waals surface area contributed by atoms with Gasteiger partial charge in [-0.25, -0.2) is 0 Å². The van der Waals surface area contributed by atoms with Crippen molar-refractivity contribution < 1.29 is 24.0 Å². The van der Waals surface area contributed by atoms with Crippen LogP contribution in [-0.4, -0.2) is 29.1 Å². The third-order valence-electron chi connectivity index (χ3n) is 2.71. The van der Waals surface area contributed by atoms with Crippen LogP contribution in [0.1, 0.15) is 44.8 Å². The van der Waals surface area contributed by atoms with Gasteiger partial charge in [0.05, 0.1) is 6.61 Å². The van der Waals surface area contributed by atoms with Gasteiger partial charge in [-0.3, -0.25) is 4.79 Å². The van der Waals surface area contributed by atoms with Crippen LogP contribution < -0.4 is 4.74 Å². The Balaban J connectivity index is 2.51. The van der Waals surface area contributed by atoms with Gasteiger partial charge < -0.3 is 19.2 Å². The first-order valence-electron chi connectivity index (χ1n) is 6.32. The van der Waals surface area contributed by atoms with Crippen molar-refractivity contribution in [3.63, 3.8) is 0 Å². The monoisotopic (exact) mass is 269 g/mol. The lowest BCUT2D eigenvalue weighted by molar-refractivity contribution is -0.140. The summed E-state index contributed by atoms with van der Waals surface area (Å²) in [4.78, 5) is 21.2. The van der Waals surface area contributed by atoms with Crippen LogP contribution in [0.5, 0.6) is 5.88 Å². The van der Waals surface area contributed by atoms with E-state index in [1.54, 1.807) is 13.8 Å². The van der Waals surface area contributed by atoms with E-state index in [0.29, 0.717) is 18.8 Å². The third kappa shape index (κ3) is 4.73. The fourth-order valence-corrected chi connectivity index (χ4v) is 1.73. The smallest absolute Gasteiger partial charge is 0.314 e. The fourth-order valence-electron chi connectivity index (χ4n) is 1.73. The molecule has 0 bridgehead atoms. The van der Waals surface area contributed by atoms with Crippen molar-refractivity contribution in [2.45, 2.75) is 39.0 Å². The van der Waals surface area contributed by atoms with E-state index < -0.39 is 11.9 Å². The summed E-state index contributed by atoms with van der Waals surface area (Å²) in [6.45, 7) is 4.04. The van der Waals surface area contributed by atoms with Crippen LogP contribution >= 0.6 is 0 Å². The Hall–Kier alpha value is -1.85. The fraction of sp³-hybridized carbons (Fsp3) is 0.615. The summed E-state index contributed by atoms with van der Waals surface area (Å²) in [5.41, 5.74) is 0. The van der Waals surface area contributed by atoms with Gasteiger partial charge in [-0.1, -0.05) is 13.8 Å². The molecule has 1 aromatic heterocycles. The first kappa shape index (κ1) is 15.2. The number of ether oxygens (including phenoxy) is 1. The van der Waals surface area contributed by atoms with E-state index in [1.807, 2.05) is 0 Å². The van der Waals surface area contributed by atoms with Crippen molar-refractivity contribution in [3.8, 4) is 5.88 Å². The molecule has 6 nitrogen and oxygen atoms in total. The normalized spacial score (nSPS) is 12.4. The van der Waals surface area contributed by atoms with Crippen LogP contribution in [0.25, 0.3) is 0 Å². The number of rotatable bonds is 9. The van der Waals surface area contributed by atoms with Gasteiger partial charge in [0.25, 0.3) is 5.88 Å². The molecule has 0 fully saturated rings. The van der Waals surface area contributed by atoms with Crippen molar-refractivity contribution >= 4 is 12.3 Å². The molecular formula is C13H19NO5. The number of hydrogen-bond acceptors (Lipinski definition) is 5. The average Bonchev–Trinajstić information content (AvgIpc) is 2.76. The molecule has 1 atom stereocenters. The Morgan fingerprint density at radius 2 is 2.26 bits per heavy atom. The van der Waals surface area contributed by atoms with Gasteiger partial charge in [-0.2, -0.15) is 0 Å². The zero-order valence-corrected chi connectivity index (χ0v) is 11.2. The van der Waals surface area contributed by atoms with E-state index in [4.69, 9.17) is 14.4 Å². The highest BCUT2D eigenvalue weighted by Crippen LogP contribution is 2.27. The van der Waals surface area contributed by atoms with Gasteiger partial charge in [-0.05, 0) is 23.9 Å². The molecule has 6 heteroatoms. The lowest BCUT2D eigenvalue weighted by Gasteiger charge is -2.11. The summed E-state index contributed by atoms with van der Waals surface area (Å²) in [7, 11) is 0. The Morgan fingerprint density at radius 1 is 1.53 bits per heavy atom. The lowest BCUT2D eigenvalue weighted by atomic mass is 9.94. The predicted octanol–water partition coefficient (Wildman–Crippen LogP) is 2.25. The average molecular weight is 269 g/mol. The number of carboxylic acids is 1. The summed E-state index contributed by atoms with van der Waals surface area (Å²) < 4.78 is 10.3. The number of hydrogen-bond donors (Lipinski definition) is 1. The van der Waals surface area contributed by atoms with Gasteiger partial charge in [0.15, 0.2) is 5.76 Å². The molecule has 1 aromatic rings. The van der Waals surface area contributed by atoms with Gasteiger partial charge >= 0.3 is 5.97 Å². The van der Waals surface area contributed by atoms with Crippen molar-refractivity contribution in [1.29, 1.82) is 0 Å². The maximum atomic E-state index is 11.1. The van der Waals surface area contributed by atoms with Gasteiger partial charge in [0, 0.05) is 12.5 Å². The molecular weight excluding hydrogens is 250 g/mol. The highest BCUT2D eigenvalue weighted by Gasteiger charge is 2.28. The summed E-state index contributed by atoms with van der Waals surface area (Å²) in [6, 6.07) is 1.51. The highest BCUT2D eigenvalue weighted by atomic mass is 16.5. The maximum absolute atomic E-state index is 11.1. The van der Waals surface area contributed by atoms with E-state index in [9.17, 15) is 9.59 Å². The van der Waals surface area contributed by atoms with Gasteiger partial charge in [-0.15, -0.1) is 0 Å². The zero-order valence-electron chi connectivity index (χ0n) is 11.2. The molecule has 1 N–H and O–H groups in total. The van der Waals surface area contributed by atoms with E-state index in [1.165, 1.54) is 6.07 Å². The molecule has 0 spiro atoms. The molecule has 0 aromatic carbocycles. The molecule has 0 aliphatic heterocycles. The maximum Gasteiger partial charge on any atom is 0.314 e. The van der Waals surface area contributed by atoms with E-state index >= 15 is 0 Å². The van der Waals surface area contributed by atoms with Crippen molar-refractivity contribution in [1.82, 2.24) is 5.16 Å². The number of carboxylic acid groups (broad SMARTS) is 1. The minimum absolute atomic E-state index is 0.0918.